The minimum absolute atomic E-state index is 0.194. The van der Waals surface area contributed by atoms with E-state index in [0.29, 0.717) is 35.5 Å². The second-order valence-corrected chi connectivity index (χ2v) is 7.67. The van der Waals surface area contributed by atoms with Gasteiger partial charge in [0, 0.05) is 0 Å². The Morgan fingerprint density at radius 2 is 1.57 bits per heavy atom. The van der Waals surface area contributed by atoms with Crippen LogP contribution in [0.1, 0.15) is 62.4 Å². The Morgan fingerprint density at radius 1 is 0.900 bits per heavy atom. The van der Waals surface area contributed by atoms with Gasteiger partial charge in [-0.05, 0) is 48.4 Å². The lowest BCUT2D eigenvalue weighted by molar-refractivity contribution is -0.123. The van der Waals surface area contributed by atoms with Crippen molar-refractivity contribution >= 4 is 11.8 Å². The largest absolute Gasteiger partial charge is 0.493 e. The molecule has 2 aromatic carbocycles. The van der Waals surface area contributed by atoms with E-state index in [9.17, 15) is 9.59 Å². The summed E-state index contributed by atoms with van der Waals surface area (Å²) in [6, 6.07) is 14.6. The molecule has 0 radical (unpaired) electrons. The number of hydrogen-bond acceptors (Lipinski definition) is 4. The molecule has 2 rings (SSSR count). The molecule has 30 heavy (non-hydrogen) atoms. The Morgan fingerprint density at radius 3 is 2.27 bits per heavy atom. The average Bonchev–Trinajstić information content (AvgIpc) is 2.75. The molecule has 0 spiro atoms. The van der Waals surface area contributed by atoms with Crippen LogP contribution in [0.15, 0.2) is 48.5 Å². The first-order valence-corrected chi connectivity index (χ1v) is 10.4. The number of carbonyl (C=O) groups excluding carboxylic acids is 2. The molecule has 1 unspecified atom stereocenters. The van der Waals surface area contributed by atoms with Crippen molar-refractivity contribution in [1.82, 2.24) is 10.9 Å². The van der Waals surface area contributed by atoms with E-state index in [4.69, 9.17) is 9.47 Å². The van der Waals surface area contributed by atoms with Gasteiger partial charge in [-0.2, -0.15) is 0 Å². The molecule has 2 N–H and O–H groups in total. The van der Waals surface area contributed by atoms with Crippen molar-refractivity contribution in [3.8, 4) is 11.5 Å². The fourth-order valence-electron chi connectivity index (χ4n) is 2.80. The molecule has 0 aromatic heterocycles. The summed E-state index contributed by atoms with van der Waals surface area (Å²) >= 11 is 0. The number of amides is 2. The zero-order valence-electron chi connectivity index (χ0n) is 18.2. The SMILES string of the molecule is CCC(C)c1ccccc1OCC(=O)NNC(=O)c1ccccc1OCCC(C)C. The van der Waals surface area contributed by atoms with Gasteiger partial charge in [0.25, 0.3) is 11.8 Å². The molecule has 0 saturated heterocycles. The summed E-state index contributed by atoms with van der Waals surface area (Å²) in [5.41, 5.74) is 6.25. The third-order valence-electron chi connectivity index (χ3n) is 4.82. The number of carbonyl (C=O) groups is 2. The summed E-state index contributed by atoms with van der Waals surface area (Å²) in [5.74, 6) is 1.12. The molecule has 162 valence electrons. The van der Waals surface area contributed by atoms with E-state index in [0.717, 1.165) is 18.4 Å². The highest BCUT2D eigenvalue weighted by Gasteiger charge is 2.14. The van der Waals surface area contributed by atoms with E-state index in [1.807, 2.05) is 30.3 Å². The Bertz CT molecular complexity index is 835. The van der Waals surface area contributed by atoms with Crippen molar-refractivity contribution in [2.24, 2.45) is 5.92 Å². The first-order chi connectivity index (χ1) is 14.4. The van der Waals surface area contributed by atoms with Gasteiger partial charge in [0.2, 0.25) is 0 Å². The van der Waals surface area contributed by atoms with Gasteiger partial charge in [0.05, 0.1) is 12.2 Å². The summed E-state index contributed by atoms with van der Waals surface area (Å²) in [6.07, 6.45) is 1.86. The number of hydrogen-bond donors (Lipinski definition) is 2. The van der Waals surface area contributed by atoms with Crippen molar-refractivity contribution in [1.29, 1.82) is 0 Å². The lowest BCUT2D eigenvalue weighted by Gasteiger charge is -2.16. The molecule has 0 aliphatic carbocycles. The third kappa shape index (κ3) is 7.10. The lowest BCUT2D eigenvalue weighted by atomic mass is 9.98. The molecule has 2 amide bonds. The Labute approximate surface area is 178 Å². The fraction of sp³-hybridized carbons (Fsp3) is 0.417. The molecule has 1 atom stereocenters. The van der Waals surface area contributed by atoms with Crippen molar-refractivity contribution in [2.75, 3.05) is 13.2 Å². The molecule has 2 aromatic rings. The first-order valence-electron chi connectivity index (χ1n) is 10.4. The van der Waals surface area contributed by atoms with Crippen molar-refractivity contribution < 1.29 is 19.1 Å². The van der Waals surface area contributed by atoms with Crippen LogP contribution in [-0.4, -0.2) is 25.0 Å². The summed E-state index contributed by atoms with van der Waals surface area (Å²) in [7, 11) is 0. The maximum absolute atomic E-state index is 12.5. The van der Waals surface area contributed by atoms with Crippen LogP contribution in [0.2, 0.25) is 0 Å². The number of benzene rings is 2. The van der Waals surface area contributed by atoms with Crippen LogP contribution in [0.5, 0.6) is 11.5 Å². The van der Waals surface area contributed by atoms with Gasteiger partial charge in [-0.3, -0.25) is 20.4 Å². The van der Waals surface area contributed by atoms with E-state index >= 15 is 0 Å². The summed E-state index contributed by atoms with van der Waals surface area (Å²) in [5, 5.41) is 0. The molecule has 6 heteroatoms. The van der Waals surface area contributed by atoms with Crippen LogP contribution in [0.3, 0.4) is 0 Å². The zero-order chi connectivity index (χ0) is 21.9. The van der Waals surface area contributed by atoms with Gasteiger partial charge in [0.1, 0.15) is 11.5 Å². The topological polar surface area (TPSA) is 76.7 Å². The molecule has 0 heterocycles. The highest BCUT2D eigenvalue weighted by molar-refractivity contribution is 5.97. The first kappa shape index (κ1) is 23.3. The molecular formula is C24H32N2O4. The average molecular weight is 413 g/mol. The standard InChI is InChI=1S/C24H32N2O4/c1-5-18(4)19-10-6-8-12-21(19)30-16-23(27)25-26-24(28)20-11-7-9-13-22(20)29-15-14-17(2)3/h6-13,17-18H,5,14-16H2,1-4H3,(H,25,27)(H,26,28). The smallest absolute Gasteiger partial charge is 0.276 e. The highest BCUT2D eigenvalue weighted by atomic mass is 16.5. The lowest BCUT2D eigenvalue weighted by Crippen LogP contribution is -2.44. The molecule has 0 fully saturated rings. The van der Waals surface area contributed by atoms with Gasteiger partial charge in [-0.25, -0.2) is 0 Å². The Hall–Kier alpha value is -3.02. The van der Waals surface area contributed by atoms with Crippen molar-refractivity contribution in [3.05, 3.63) is 59.7 Å². The Kier molecular flexibility index (Phi) is 9.19. The number of para-hydroxylation sites is 2. The van der Waals surface area contributed by atoms with Crippen molar-refractivity contribution in [2.45, 2.75) is 46.5 Å². The molecule has 0 saturated carbocycles. The van der Waals surface area contributed by atoms with Crippen LogP contribution in [0, 0.1) is 5.92 Å². The van der Waals surface area contributed by atoms with Crippen molar-refractivity contribution in [3.63, 3.8) is 0 Å². The molecule has 0 bridgehead atoms. The minimum atomic E-state index is -0.444. The van der Waals surface area contributed by atoms with Crippen LogP contribution in [0.25, 0.3) is 0 Å². The molecular weight excluding hydrogens is 380 g/mol. The second kappa shape index (κ2) is 11.9. The van der Waals surface area contributed by atoms with E-state index in [2.05, 4.69) is 38.5 Å². The van der Waals surface area contributed by atoms with E-state index in [1.54, 1.807) is 18.2 Å². The van der Waals surface area contributed by atoms with Gasteiger partial charge in [0.15, 0.2) is 6.61 Å². The Balaban J connectivity index is 1.88. The number of hydrazine groups is 1. The number of ether oxygens (including phenoxy) is 2. The van der Waals surface area contributed by atoms with Gasteiger partial charge in [-0.1, -0.05) is 58.0 Å². The van der Waals surface area contributed by atoms with Crippen LogP contribution >= 0.6 is 0 Å². The van der Waals surface area contributed by atoms with Gasteiger partial charge in [-0.15, -0.1) is 0 Å². The second-order valence-electron chi connectivity index (χ2n) is 7.67. The summed E-state index contributed by atoms with van der Waals surface area (Å²) in [4.78, 5) is 24.6. The predicted octanol–water partition coefficient (Wildman–Crippen LogP) is 4.47. The summed E-state index contributed by atoms with van der Waals surface area (Å²) < 4.78 is 11.4. The monoisotopic (exact) mass is 412 g/mol. The van der Waals surface area contributed by atoms with Crippen LogP contribution in [0.4, 0.5) is 0 Å². The molecule has 6 nitrogen and oxygen atoms in total. The van der Waals surface area contributed by atoms with E-state index in [-0.39, 0.29) is 6.61 Å². The van der Waals surface area contributed by atoms with E-state index < -0.39 is 11.8 Å². The normalized spacial score (nSPS) is 11.6. The van der Waals surface area contributed by atoms with Crippen LogP contribution in [-0.2, 0) is 4.79 Å². The zero-order valence-corrected chi connectivity index (χ0v) is 18.2. The predicted molar refractivity (Wildman–Crippen MR) is 118 cm³/mol. The maximum atomic E-state index is 12.5. The quantitative estimate of drug-likeness (QED) is 0.565. The minimum Gasteiger partial charge on any atom is -0.493 e. The number of nitrogens with one attached hydrogen (secondary N) is 2. The fourth-order valence-corrected chi connectivity index (χ4v) is 2.80. The third-order valence-corrected chi connectivity index (χ3v) is 4.82. The number of rotatable bonds is 10. The molecule has 0 aliphatic heterocycles. The van der Waals surface area contributed by atoms with Gasteiger partial charge < -0.3 is 9.47 Å². The summed E-state index contributed by atoms with van der Waals surface area (Å²) in [6.45, 7) is 8.77. The maximum Gasteiger partial charge on any atom is 0.276 e. The highest BCUT2D eigenvalue weighted by Crippen LogP contribution is 2.28. The van der Waals surface area contributed by atoms with E-state index in [1.165, 1.54) is 0 Å². The molecule has 0 aliphatic rings. The van der Waals surface area contributed by atoms with Crippen LogP contribution < -0.4 is 20.3 Å². The van der Waals surface area contributed by atoms with Gasteiger partial charge >= 0.3 is 0 Å².